The Kier molecular flexibility index (Phi) is 5.54. The van der Waals surface area contributed by atoms with Crippen molar-refractivity contribution in [3.63, 3.8) is 0 Å². The molecule has 140 valence electrons. The zero-order valence-corrected chi connectivity index (χ0v) is 14.3. The maximum Gasteiger partial charge on any atom is 0.487 e. The van der Waals surface area contributed by atoms with Crippen molar-refractivity contribution in [3.05, 3.63) is 76.8 Å². The van der Waals surface area contributed by atoms with Gasteiger partial charge in [0.05, 0.1) is 5.69 Å². The standard InChI is InChI=1S/C19H17F3N4O/c20-19(21,22)26(12-4-7-14-5-2-1-3-6-14)18-24-16(13-17(27)25-18)15-8-10-23-11-9-15/h1-3,5-6,8-11,13H,4,7,12H2,(H,24,25,27). The number of aromatic nitrogens is 3. The topological polar surface area (TPSA) is 61.9 Å². The molecule has 0 atom stereocenters. The number of anilines is 1. The molecule has 0 spiro atoms. The van der Waals surface area contributed by atoms with Crippen LogP contribution in [0.1, 0.15) is 12.0 Å². The van der Waals surface area contributed by atoms with E-state index in [1.807, 2.05) is 30.3 Å². The Morgan fingerprint density at radius 2 is 1.74 bits per heavy atom. The van der Waals surface area contributed by atoms with Crippen molar-refractivity contribution in [1.82, 2.24) is 15.0 Å². The highest BCUT2D eigenvalue weighted by Crippen LogP contribution is 2.27. The smallest absolute Gasteiger partial charge is 0.292 e. The Labute approximate surface area is 153 Å². The number of benzene rings is 1. The average molecular weight is 374 g/mol. The summed E-state index contributed by atoms with van der Waals surface area (Å²) in [6, 6.07) is 13.6. The second kappa shape index (κ2) is 8.03. The summed E-state index contributed by atoms with van der Waals surface area (Å²) in [5, 5.41) is 0. The summed E-state index contributed by atoms with van der Waals surface area (Å²) in [6.45, 7) is -0.318. The van der Waals surface area contributed by atoms with Gasteiger partial charge in [-0.1, -0.05) is 30.3 Å². The zero-order chi connectivity index (χ0) is 19.3. The Hall–Kier alpha value is -3.16. The van der Waals surface area contributed by atoms with Crippen LogP contribution in [-0.2, 0) is 6.42 Å². The molecule has 0 bridgehead atoms. The van der Waals surface area contributed by atoms with Crippen molar-refractivity contribution >= 4 is 5.95 Å². The molecule has 3 aromatic rings. The number of aryl methyl sites for hydroxylation is 1. The minimum Gasteiger partial charge on any atom is -0.292 e. The van der Waals surface area contributed by atoms with E-state index in [0.29, 0.717) is 12.0 Å². The van der Waals surface area contributed by atoms with E-state index in [1.165, 1.54) is 12.4 Å². The highest BCUT2D eigenvalue weighted by Gasteiger charge is 2.38. The van der Waals surface area contributed by atoms with Gasteiger partial charge in [0.15, 0.2) is 0 Å². The first-order valence-electron chi connectivity index (χ1n) is 8.33. The summed E-state index contributed by atoms with van der Waals surface area (Å²) in [5.41, 5.74) is 0.980. The highest BCUT2D eigenvalue weighted by molar-refractivity contribution is 5.59. The van der Waals surface area contributed by atoms with Gasteiger partial charge in [0.25, 0.3) is 5.56 Å². The molecule has 0 aliphatic rings. The predicted octanol–water partition coefficient (Wildman–Crippen LogP) is 3.79. The lowest BCUT2D eigenvalue weighted by Gasteiger charge is -2.25. The van der Waals surface area contributed by atoms with Gasteiger partial charge in [-0.2, -0.15) is 0 Å². The molecule has 1 aromatic carbocycles. The first kappa shape index (κ1) is 18.6. The van der Waals surface area contributed by atoms with Gasteiger partial charge in [0.1, 0.15) is 0 Å². The normalized spacial score (nSPS) is 11.4. The van der Waals surface area contributed by atoms with E-state index in [4.69, 9.17) is 0 Å². The van der Waals surface area contributed by atoms with Gasteiger partial charge in [-0.15, -0.1) is 13.2 Å². The number of aromatic amines is 1. The fraction of sp³-hybridized carbons (Fsp3) is 0.211. The Balaban J connectivity index is 1.85. The molecule has 5 nitrogen and oxygen atoms in total. The van der Waals surface area contributed by atoms with Crippen molar-refractivity contribution in [1.29, 1.82) is 0 Å². The Morgan fingerprint density at radius 1 is 1.04 bits per heavy atom. The van der Waals surface area contributed by atoms with E-state index in [9.17, 15) is 18.0 Å². The number of pyridine rings is 1. The number of rotatable bonds is 6. The van der Waals surface area contributed by atoms with E-state index < -0.39 is 17.8 Å². The molecule has 0 aliphatic heterocycles. The quantitative estimate of drug-likeness (QED) is 0.667. The number of nitrogens with zero attached hydrogens (tertiary/aromatic N) is 3. The van der Waals surface area contributed by atoms with E-state index in [0.717, 1.165) is 11.6 Å². The lowest BCUT2D eigenvalue weighted by Crippen LogP contribution is -2.41. The van der Waals surface area contributed by atoms with E-state index in [1.54, 1.807) is 12.1 Å². The minimum absolute atomic E-state index is 0.161. The molecule has 1 N–H and O–H groups in total. The lowest BCUT2D eigenvalue weighted by atomic mass is 10.1. The number of hydrogen-bond donors (Lipinski definition) is 1. The second-order valence-electron chi connectivity index (χ2n) is 5.90. The van der Waals surface area contributed by atoms with Crippen LogP contribution >= 0.6 is 0 Å². The third kappa shape index (κ3) is 4.93. The minimum atomic E-state index is -4.66. The number of nitrogens with one attached hydrogen (secondary N) is 1. The van der Waals surface area contributed by atoms with Crippen LogP contribution in [0.3, 0.4) is 0 Å². The van der Waals surface area contributed by atoms with Crippen LogP contribution in [0.5, 0.6) is 0 Å². The van der Waals surface area contributed by atoms with Gasteiger partial charge < -0.3 is 0 Å². The molecule has 0 saturated heterocycles. The molecule has 0 radical (unpaired) electrons. The highest BCUT2D eigenvalue weighted by atomic mass is 19.4. The molecule has 3 rings (SSSR count). The molecule has 0 unspecified atom stereocenters. The fourth-order valence-corrected chi connectivity index (χ4v) is 2.68. The molecular weight excluding hydrogens is 357 g/mol. The van der Waals surface area contributed by atoms with E-state index in [-0.39, 0.29) is 23.6 Å². The Bertz CT molecular complexity index is 927. The monoisotopic (exact) mass is 374 g/mol. The van der Waals surface area contributed by atoms with Gasteiger partial charge in [-0.3, -0.25) is 19.7 Å². The van der Waals surface area contributed by atoms with Crippen LogP contribution in [0, 0.1) is 0 Å². The summed E-state index contributed by atoms with van der Waals surface area (Å²) >= 11 is 0. The third-order valence-corrected chi connectivity index (χ3v) is 3.96. The third-order valence-electron chi connectivity index (χ3n) is 3.96. The molecule has 27 heavy (non-hydrogen) atoms. The lowest BCUT2D eigenvalue weighted by molar-refractivity contribution is -0.130. The SMILES string of the molecule is O=c1cc(-c2ccncc2)nc(N(CCCc2ccccc2)C(F)(F)F)[nH]1. The summed E-state index contributed by atoms with van der Waals surface area (Å²) in [5.74, 6) is -0.519. The van der Waals surface area contributed by atoms with Gasteiger partial charge in [-0.25, -0.2) is 4.98 Å². The first-order chi connectivity index (χ1) is 12.9. The summed E-state index contributed by atoms with van der Waals surface area (Å²) in [6.07, 6.45) is -0.948. The number of H-pyrrole nitrogens is 1. The summed E-state index contributed by atoms with van der Waals surface area (Å²) in [4.78, 5) is 22.1. The maximum atomic E-state index is 13.6. The summed E-state index contributed by atoms with van der Waals surface area (Å²) in [7, 11) is 0. The fourth-order valence-electron chi connectivity index (χ4n) is 2.68. The maximum absolute atomic E-state index is 13.6. The van der Waals surface area contributed by atoms with Gasteiger partial charge in [0.2, 0.25) is 5.95 Å². The number of hydrogen-bond acceptors (Lipinski definition) is 4. The van der Waals surface area contributed by atoms with Crippen molar-refractivity contribution in [2.24, 2.45) is 0 Å². The molecule has 0 amide bonds. The molecule has 8 heteroatoms. The van der Waals surface area contributed by atoms with E-state index >= 15 is 0 Å². The summed E-state index contributed by atoms with van der Waals surface area (Å²) < 4.78 is 40.7. The molecule has 0 aliphatic carbocycles. The average Bonchev–Trinajstić information content (AvgIpc) is 2.65. The molecule has 0 saturated carbocycles. The first-order valence-corrected chi connectivity index (χ1v) is 8.33. The molecule has 2 heterocycles. The van der Waals surface area contributed by atoms with Crippen LogP contribution in [0.2, 0.25) is 0 Å². The van der Waals surface area contributed by atoms with Crippen molar-refractivity contribution in [2.75, 3.05) is 11.4 Å². The molecular formula is C19H17F3N4O. The van der Waals surface area contributed by atoms with Crippen molar-refractivity contribution in [3.8, 4) is 11.3 Å². The molecule has 0 fully saturated rings. The Morgan fingerprint density at radius 3 is 2.41 bits per heavy atom. The number of alkyl halides is 3. The van der Waals surface area contributed by atoms with E-state index in [2.05, 4.69) is 15.0 Å². The van der Waals surface area contributed by atoms with Gasteiger partial charge >= 0.3 is 6.30 Å². The van der Waals surface area contributed by atoms with Crippen molar-refractivity contribution in [2.45, 2.75) is 19.1 Å². The molecule has 2 aromatic heterocycles. The van der Waals surface area contributed by atoms with Crippen LogP contribution < -0.4 is 10.5 Å². The predicted molar refractivity (Wildman–Crippen MR) is 96.3 cm³/mol. The van der Waals surface area contributed by atoms with Crippen molar-refractivity contribution < 1.29 is 13.2 Å². The largest absolute Gasteiger partial charge is 0.487 e. The van der Waals surface area contributed by atoms with Gasteiger partial charge in [0, 0.05) is 30.6 Å². The van der Waals surface area contributed by atoms with Crippen LogP contribution in [0.4, 0.5) is 19.1 Å². The van der Waals surface area contributed by atoms with Gasteiger partial charge in [-0.05, 0) is 30.5 Å². The van der Waals surface area contributed by atoms with Crippen LogP contribution in [0.25, 0.3) is 11.3 Å². The number of halogens is 3. The van der Waals surface area contributed by atoms with Crippen LogP contribution in [0.15, 0.2) is 65.7 Å². The second-order valence-corrected chi connectivity index (χ2v) is 5.90. The zero-order valence-electron chi connectivity index (χ0n) is 14.3. The van der Waals surface area contributed by atoms with Crippen LogP contribution in [-0.4, -0.2) is 27.8 Å².